The van der Waals surface area contributed by atoms with E-state index in [0.717, 1.165) is 12.1 Å². The highest BCUT2D eigenvalue weighted by Crippen LogP contribution is 2.16. The molecule has 0 heterocycles. The average molecular weight is 290 g/mol. The van der Waals surface area contributed by atoms with Gasteiger partial charge in [0.15, 0.2) is 11.6 Å². The minimum Gasteiger partial charge on any atom is -0.497 e. The third-order valence-electron chi connectivity index (χ3n) is 2.96. The highest BCUT2D eigenvalue weighted by molar-refractivity contribution is 6.13. The molecule has 0 aliphatic heterocycles. The van der Waals surface area contributed by atoms with Crippen molar-refractivity contribution in [2.45, 2.75) is 6.42 Å². The minimum absolute atomic E-state index is 0.293. The van der Waals surface area contributed by atoms with E-state index in [0.29, 0.717) is 17.4 Å². The number of Topliss-reactive ketones (excluding diaryl/α,β-unsaturated/α-hetero) is 2. The standard InChI is InChI=1S/C16H12F2O3/c1-21-12-5-2-10(3-6-12)15(19)9-16(20)13-7-4-11(17)8-14(13)18/h2-8H,9H2,1H3. The normalized spacial score (nSPS) is 10.2. The van der Waals surface area contributed by atoms with Crippen LogP contribution in [0.2, 0.25) is 0 Å². The summed E-state index contributed by atoms with van der Waals surface area (Å²) in [7, 11) is 1.50. The van der Waals surface area contributed by atoms with Gasteiger partial charge in [0, 0.05) is 11.6 Å². The number of halogens is 2. The van der Waals surface area contributed by atoms with E-state index in [1.165, 1.54) is 19.2 Å². The predicted molar refractivity (Wildman–Crippen MR) is 72.6 cm³/mol. The molecular weight excluding hydrogens is 278 g/mol. The number of hydrogen-bond donors (Lipinski definition) is 0. The number of rotatable bonds is 5. The van der Waals surface area contributed by atoms with Crippen LogP contribution in [0, 0.1) is 11.6 Å². The Morgan fingerprint density at radius 3 is 2.24 bits per heavy atom. The Labute approximate surface area is 120 Å². The van der Waals surface area contributed by atoms with Crippen LogP contribution in [0.5, 0.6) is 5.75 Å². The molecule has 0 radical (unpaired) electrons. The first kappa shape index (κ1) is 14.8. The Hall–Kier alpha value is -2.56. The van der Waals surface area contributed by atoms with Gasteiger partial charge in [0.25, 0.3) is 0 Å². The van der Waals surface area contributed by atoms with E-state index in [1.54, 1.807) is 12.1 Å². The van der Waals surface area contributed by atoms with Crippen LogP contribution >= 0.6 is 0 Å². The molecule has 0 aliphatic rings. The maximum absolute atomic E-state index is 13.5. The Bertz CT molecular complexity index is 678. The summed E-state index contributed by atoms with van der Waals surface area (Å²) in [5.74, 6) is -2.28. The van der Waals surface area contributed by atoms with Gasteiger partial charge >= 0.3 is 0 Å². The zero-order valence-electron chi connectivity index (χ0n) is 11.2. The van der Waals surface area contributed by atoms with E-state index in [-0.39, 0.29) is 5.56 Å². The average Bonchev–Trinajstić information content (AvgIpc) is 2.47. The van der Waals surface area contributed by atoms with E-state index >= 15 is 0 Å². The molecule has 0 saturated heterocycles. The highest BCUT2D eigenvalue weighted by atomic mass is 19.1. The maximum Gasteiger partial charge on any atom is 0.173 e. The van der Waals surface area contributed by atoms with Crippen LogP contribution in [-0.4, -0.2) is 18.7 Å². The van der Waals surface area contributed by atoms with Crippen molar-refractivity contribution in [1.29, 1.82) is 0 Å². The number of benzene rings is 2. The molecule has 0 atom stereocenters. The molecule has 5 heteroatoms. The molecule has 0 aromatic heterocycles. The molecule has 108 valence electrons. The van der Waals surface area contributed by atoms with Crippen LogP contribution in [-0.2, 0) is 0 Å². The zero-order valence-corrected chi connectivity index (χ0v) is 11.2. The van der Waals surface area contributed by atoms with E-state index in [4.69, 9.17) is 4.74 Å². The summed E-state index contributed by atoms with van der Waals surface area (Å²) in [4.78, 5) is 23.8. The highest BCUT2D eigenvalue weighted by Gasteiger charge is 2.17. The molecule has 21 heavy (non-hydrogen) atoms. The molecule has 2 rings (SSSR count). The molecule has 2 aromatic rings. The van der Waals surface area contributed by atoms with Crippen molar-refractivity contribution in [3.05, 3.63) is 65.2 Å². The molecule has 3 nitrogen and oxygen atoms in total. The SMILES string of the molecule is COc1ccc(C(=O)CC(=O)c2ccc(F)cc2F)cc1. The maximum atomic E-state index is 13.5. The molecule has 0 N–H and O–H groups in total. The summed E-state index contributed by atoms with van der Waals surface area (Å²) in [5, 5.41) is 0. The van der Waals surface area contributed by atoms with Gasteiger partial charge < -0.3 is 4.74 Å². The Balaban J connectivity index is 2.12. The first-order valence-electron chi connectivity index (χ1n) is 6.17. The van der Waals surface area contributed by atoms with Gasteiger partial charge in [0.2, 0.25) is 0 Å². The number of methoxy groups -OCH3 is 1. The summed E-state index contributed by atoms with van der Waals surface area (Å²) in [5.41, 5.74) is 0.0323. The summed E-state index contributed by atoms with van der Waals surface area (Å²) in [6, 6.07) is 8.87. The zero-order chi connectivity index (χ0) is 15.4. The van der Waals surface area contributed by atoms with Gasteiger partial charge in [0.1, 0.15) is 17.4 Å². The third-order valence-corrected chi connectivity index (χ3v) is 2.96. The molecule has 0 aliphatic carbocycles. The first-order valence-corrected chi connectivity index (χ1v) is 6.17. The van der Waals surface area contributed by atoms with Crippen LogP contribution in [0.15, 0.2) is 42.5 Å². The first-order chi connectivity index (χ1) is 10.0. The fourth-order valence-electron chi connectivity index (χ4n) is 1.84. The van der Waals surface area contributed by atoms with Gasteiger partial charge in [-0.05, 0) is 36.4 Å². The van der Waals surface area contributed by atoms with E-state index in [9.17, 15) is 18.4 Å². The Morgan fingerprint density at radius 2 is 1.67 bits per heavy atom. The second-order valence-corrected chi connectivity index (χ2v) is 4.38. The van der Waals surface area contributed by atoms with Crippen LogP contribution < -0.4 is 4.74 Å². The number of ether oxygens (including phenoxy) is 1. The largest absolute Gasteiger partial charge is 0.497 e. The van der Waals surface area contributed by atoms with Crippen molar-refractivity contribution in [2.24, 2.45) is 0 Å². The lowest BCUT2D eigenvalue weighted by Crippen LogP contribution is -2.10. The second-order valence-electron chi connectivity index (χ2n) is 4.38. The van der Waals surface area contributed by atoms with Crippen LogP contribution in [0.3, 0.4) is 0 Å². The van der Waals surface area contributed by atoms with Crippen LogP contribution in [0.4, 0.5) is 8.78 Å². The van der Waals surface area contributed by atoms with Gasteiger partial charge in [0.05, 0.1) is 19.1 Å². The lowest BCUT2D eigenvalue weighted by Gasteiger charge is -2.04. The smallest absolute Gasteiger partial charge is 0.173 e. The lowest BCUT2D eigenvalue weighted by molar-refractivity contribution is 0.0892. The van der Waals surface area contributed by atoms with Gasteiger partial charge in [-0.2, -0.15) is 0 Å². The number of ketones is 2. The summed E-state index contributed by atoms with van der Waals surface area (Å²) in [6.07, 6.45) is -0.477. The minimum atomic E-state index is -0.970. The van der Waals surface area contributed by atoms with E-state index < -0.39 is 29.6 Å². The van der Waals surface area contributed by atoms with Gasteiger partial charge in [-0.15, -0.1) is 0 Å². The van der Waals surface area contributed by atoms with Crippen molar-refractivity contribution >= 4 is 11.6 Å². The van der Waals surface area contributed by atoms with Gasteiger partial charge in [-0.3, -0.25) is 9.59 Å². The molecule has 2 aromatic carbocycles. The molecule has 0 unspecified atom stereocenters. The van der Waals surface area contributed by atoms with Gasteiger partial charge in [-0.25, -0.2) is 8.78 Å². The van der Waals surface area contributed by atoms with Crippen molar-refractivity contribution in [2.75, 3.05) is 7.11 Å². The fourth-order valence-corrected chi connectivity index (χ4v) is 1.84. The monoisotopic (exact) mass is 290 g/mol. The lowest BCUT2D eigenvalue weighted by atomic mass is 10.0. The second kappa shape index (κ2) is 6.26. The molecule has 0 saturated carbocycles. The topological polar surface area (TPSA) is 43.4 Å². The molecule has 0 amide bonds. The van der Waals surface area contributed by atoms with Crippen molar-refractivity contribution < 1.29 is 23.1 Å². The number of carbonyl (C=O) groups excluding carboxylic acids is 2. The summed E-state index contributed by atoms with van der Waals surface area (Å²) in [6.45, 7) is 0. The molecule has 0 fully saturated rings. The predicted octanol–water partition coefficient (Wildman–Crippen LogP) is 3.43. The van der Waals surface area contributed by atoms with Crippen LogP contribution in [0.1, 0.15) is 27.1 Å². The van der Waals surface area contributed by atoms with Crippen molar-refractivity contribution in [1.82, 2.24) is 0 Å². The summed E-state index contributed by atoms with van der Waals surface area (Å²) < 4.78 is 31.2. The Kier molecular flexibility index (Phi) is 4.42. The summed E-state index contributed by atoms with van der Waals surface area (Å²) >= 11 is 0. The third kappa shape index (κ3) is 3.51. The van der Waals surface area contributed by atoms with Crippen LogP contribution in [0.25, 0.3) is 0 Å². The van der Waals surface area contributed by atoms with E-state index in [2.05, 4.69) is 0 Å². The van der Waals surface area contributed by atoms with E-state index in [1.807, 2.05) is 0 Å². The molecule has 0 spiro atoms. The van der Waals surface area contributed by atoms with Crippen molar-refractivity contribution in [3.63, 3.8) is 0 Å². The number of hydrogen-bond acceptors (Lipinski definition) is 3. The number of carbonyl (C=O) groups is 2. The quantitative estimate of drug-likeness (QED) is 0.626. The molecular formula is C16H12F2O3. The van der Waals surface area contributed by atoms with Gasteiger partial charge in [-0.1, -0.05) is 0 Å². The van der Waals surface area contributed by atoms with Crippen molar-refractivity contribution in [3.8, 4) is 5.75 Å². The molecule has 0 bridgehead atoms. The fraction of sp³-hybridized carbons (Fsp3) is 0.125. The Morgan fingerprint density at radius 1 is 1.00 bits per heavy atom.